The van der Waals surface area contributed by atoms with Crippen molar-refractivity contribution >= 4 is 0 Å². The van der Waals surface area contributed by atoms with Crippen molar-refractivity contribution in [3.8, 4) is 0 Å². The lowest BCUT2D eigenvalue weighted by Crippen LogP contribution is -3.00. The Morgan fingerprint density at radius 3 is 1.14 bits per heavy atom. The molecule has 0 radical (unpaired) electrons. The second kappa shape index (κ2) is 13.7. The van der Waals surface area contributed by atoms with E-state index in [2.05, 4.69) is 25.7 Å². The van der Waals surface area contributed by atoms with Gasteiger partial charge in [-0.3, -0.25) is 0 Å². The zero-order valence-corrected chi connectivity index (χ0v) is 12.8. The molecular weight excluding hydrogens is 285 g/mol. The Labute approximate surface area is 108 Å². The van der Waals surface area contributed by atoms with E-state index in [1.165, 1.54) is 58.2 Å². The van der Waals surface area contributed by atoms with Gasteiger partial charge in [-0.2, -0.15) is 0 Å². The van der Waals surface area contributed by atoms with Crippen LogP contribution in [0.25, 0.3) is 0 Å². The largest absolute Gasteiger partial charge is 0.303 e. The number of halogens is 1. The van der Waals surface area contributed by atoms with Crippen molar-refractivity contribution in [1.29, 1.82) is 0 Å². The highest BCUT2D eigenvalue weighted by Gasteiger charge is 2.01. The average molecular weight is 314 g/mol. The standard InChI is InChI=1S/C12H27N.H2I/c1-4-7-10-13(11-8-5-2)12-9-6-3;/h4-12H2,1-3H3;1H2/q;+1. The van der Waals surface area contributed by atoms with Crippen LogP contribution in [0.3, 0.4) is 0 Å². The molecule has 0 atom stereocenters. The summed E-state index contributed by atoms with van der Waals surface area (Å²) < 4.78 is 0. The fourth-order valence-electron chi connectivity index (χ4n) is 1.48. The van der Waals surface area contributed by atoms with Crippen LogP contribution in [-0.4, -0.2) is 24.5 Å². The Hall–Kier alpha value is 0.690. The van der Waals surface area contributed by atoms with E-state index in [4.69, 9.17) is 0 Å². The molecule has 0 fully saturated rings. The molecule has 2 heteroatoms. The van der Waals surface area contributed by atoms with Gasteiger partial charge in [0.15, 0.2) is 0 Å². The van der Waals surface area contributed by atoms with E-state index in [0.717, 1.165) is 0 Å². The lowest BCUT2D eigenvalue weighted by atomic mass is 10.2. The second-order valence-corrected chi connectivity index (χ2v) is 3.90. The Balaban J connectivity index is 0. The van der Waals surface area contributed by atoms with Crippen LogP contribution in [0.15, 0.2) is 0 Å². The van der Waals surface area contributed by atoms with Crippen LogP contribution < -0.4 is 24.0 Å². The number of hydrogen-bond donors (Lipinski definition) is 0. The Kier molecular flexibility index (Phi) is 16.7. The van der Waals surface area contributed by atoms with E-state index < -0.39 is 0 Å². The van der Waals surface area contributed by atoms with Gasteiger partial charge in [-0.05, 0) is 38.9 Å². The first kappa shape index (κ1) is 17.1. The molecule has 0 saturated carbocycles. The predicted octanol–water partition coefficient (Wildman–Crippen LogP) is 0.157. The molecular formula is C12H29IN+. The minimum absolute atomic E-state index is 0. The Bertz CT molecular complexity index is 77.3. The second-order valence-electron chi connectivity index (χ2n) is 3.90. The maximum absolute atomic E-state index is 2.64. The van der Waals surface area contributed by atoms with Crippen molar-refractivity contribution in [2.75, 3.05) is 19.6 Å². The molecule has 0 spiro atoms. The summed E-state index contributed by atoms with van der Waals surface area (Å²) in [6, 6.07) is 0. The van der Waals surface area contributed by atoms with Gasteiger partial charge in [0.2, 0.25) is 24.0 Å². The van der Waals surface area contributed by atoms with Crippen molar-refractivity contribution in [2.45, 2.75) is 59.3 Å². The predicted molar refractivity (Wildman–Crippen MR) is 64.0 cm³/mol. The van der Waals surface area contributed by atoms with Crippen molar-refractivity contribution in [3.63, 3.8) is 0 Å². The summed E-state index contributed by atoms with van der Waals surface area (Å²) in [5.41, 5.74) is 0. The molecule has 0 rings (SSSR count). The molecule has 0 saturated heterocycles. The van der Waals surface area contributed by atoms with E-state index in [1.807, 2.05) is 0 Å². The molecule has 1 nitrogen and oxygen atoms in total. The zero-order chi connectivity index (χ0) is 9.94. The SMILES string of the molecule is CCCCN(CCCC)CCCC.[IH2+]. The number of rotatable bonds is 9. The third-order valence-electron chi connectivity index (χ3n) is 2.48. The molecule has 0 aromatic rings. The molecule has 0 N–H and O–H groups in total. The summed E-state index contributed by atoms with van der Waals surface area (Å²) in [6.45, 7) is 10.8. The van der Waals surface area contributed by atoms with Gasteiger partial charge in [0.05, 0.1) is 0 Å². The van der Waals surface area contributed by atoms with Crippen LogP contribution in [0.1, 0.15) is 59.3 Å². The van der Waals surface area contributed by atoms with Gasteiger partial charge in [-0.1, -0.05) is 40.0 Å². The van der Waals surface area contributed by atoms with Crippen LogP contribution in [-0.2, 0) is 0 Å². The third kappa shape index (κ3) is 10.8. The van der Waals surface area contributed by atoms with E-state index in [0.29, 0.717) is 0 Å². The van der Waals surface area contributed by atoms with E-state index in [-0.39, 0.29) is 24.0 Å². The zero-order valence-electron chi connectivity index (χ0n) is 10.3. The highest BCUT2D eigenvalue weighted by Crippen LogP contribution is 2.01. The molecule has 88 valence electrons. The van der Waals surface area contributed by atoms with Crippen molar-refractivity contribution in [2.24, 2.45) is 0 Å². The highest BCUT2D eigenvalue weighted by atomic mass is 127. The summed E-state index contributed by atoms with van der Waals surface area (Å²) in [5, 5.41) is 0. The fourth-order valence-corrected chi connectivity index (χ4v) is 1.48. The minimum atomic E-state index is 0. The molecule has 0 amide bonds. The van der Waals surface area contributed by atoms with Gasteiger partial charge in [-0.15, -0.1) is 0 Å². The first-order valence-electron chi connectivity index (χ1n) is 6.07. The van der Waals surface area contributed by atoms with Gasteiger partial charge in [0.1, 0.15) is 0 Å². The smallest absolute Gasteiger partial charge is 0.235 e. The first-order chi connectivity index (χ1) is 6.35. The molecule has 0 aliphatic carbocycles. The Morgan fingerprint density at radius 1 is 0.643 bits per heavy atom. The van der Waals surface area contributed by atoms with Crippen molar-refractivity contribution in [3.05, 3.63) is 0 Å². The summed E-state index contributed by atoms with van der Waals surface area (Å²) >= 11 is 0. The molecule has 0 bridgehead atoms. The van der Waals surface area contributed by atoms with Crippen LogP contribution in [0.2, 0.25) is 0 Å². The Morgan fingerprint density at radius 2 is 0.929 bits per heavy atom. The van der Waals surface area contributed by atoms with Crippen LogP contribution >= 0.6 is 0 Å². The van der Waals surface area contributed by atoms with E-state index >= 15 is 0 Å². The normalized spacial score (nSPS) is 10.3. The minimum Gasteiger partial charge on any atom is -0.303 e. The van der Waals surface area contributed by atoms with Gasteiger partial charge < -0.3 is 4.90 Å². The molecule has 0 aromatic heterocycles. The molecule has 0 unspecified atom stereocenters. The third-order valence-corrected chi connectivity index (χ3v) is 2.48. The van der Waals surface area contributed by atoms with Crippen molar-refractivity contribution in [1.82, 2.24) is 4.90 Å². The van der Waals surface area contributed by atoms with Crippen LogP contribution in [0.4, 0.5) is 0 Å². The summed E-state index contributed by atoms with van der Waals surface area (Å²) in [6.07, 6.45) is 8.09. The number of hydrogen-bond acceptors (Lipinski definition) is 1. The summed E-state index contributed by atoms with van der Waals surface area (Å²) in [5.74, 6) is 0. The van der Waals surface area contributed by atoms with Crippen LogP contribution in [0, 0.1) is 0 Å². The van der Waals surface area contributed by atoms with Crippen LogP contribution in [0.5, 0.6) is 0 Å². The fraction of sp³-hybridized carbons (Fsp3) is 1.00. The maximum Gasteiger partial charge on any atom is 0.235 e. The number of nitrogens with zero attached hydrogens (tertiary/aromatic N) is 1. The summed E-state index contributed by atoms with van der Waals surface area (Å²) in [7, 11) is 0. The maximum atomic E-state index is 2.64. The average Bonchev–Trinajstić information content (AvgIpc) is 2.17. The van der Waals surface area contributed by atoms with Gasteiger partial charge in [-0.25, -0.2) is 0 Å². The molecule has 0 heterocycles. The molecule has 14 heavy (non-hydrogen) atoms. The molecule has 0 aliphatic heterocycles. The van der Waals surface area contributed by atoms with Gasteiger partial charge in [0, 0.05) is 0 Å². The van der Waals surface area contributed by atoms with E-state index in [1.54, 1.807) is 0 Å². The highest BCUT2D eigenvalue weighted by molar-refractivity contribution is 4.57. The first-order valence-corrected chi connectivity index (χ1v) is 6.07. The molecule has 0 aliphatic rings. The quantitative estimate of drug-likeness (QED) is 0.548. The topological polar surface area (TPSA) is 3.24 Å². The van der Waals surface area contributed by atoms with Gasteiger partial charge >= 0.3 is 0 Å². The van der Waals surface area contributed by atoms with Gasteiger partial charge in [0.25, 0.3) is 0 Å². The van der Waals surface area contributed by atoms with E-state index in [9.17, 15) is 0 Å². The lowest BCUT2D eigenvalue weighted by Gasteiger charge is -2.21. The monoisotopic (exact) mass is 314 g/mol. The summed E-state index contributed by atoms with van der Waals surface area (Å²) in [4.78, 5) is 2.64. The lowest BCUT2D eigenvalue weighted by molar-refractivity contribution is -0.00000306. The molecule has 0 aromatic carbocycles. The van der Waals surface area contributed by atoms with Crippen molar-refractivity contribution < 1.29 is 24.0 Å². The number of unbranched alkanes of at least 4 members (excludes halogenated alkanes) is 3.